The molecule has 1 amide bonds. The van der Waals surface area contributed by atoms with E-state index in [-0.39, 0.29) is 5.91 Å². The summed E-state index contributed by atoms with van der Waals surface area (Å²) < 4.78 is 5.09. The first-order chi connectivity index (χ1) is 11.6. The number of carbonyl (C=O) groups excluding carboxylic acids is 1. The fourth-order valence-electron chi connectivity index (χ4n) is 1.80. The van der Waals surface area contributed by atoms with Gasteiger partial charge in [-0.05, 0) is 30.3 Å². The number of anilines is 1. The zero-order valence-electron chi connectivity index (χ0n) is 13.0. The molecule has 0 fully saturated rings. The number of thioether (sulfide) groups is 1. The Balaban J connectivity index is 1.65. The van der Waals surface area contributed by atoms with Crippen molar-refractivity contribution in [3.8, 4) is 5.75 Å². The molecular formula is C16H17Cl2N3O2S. The van der Waals surface area contributed by atoms with Crippen molar-refractivity contribution >= 4 is 46.7 Å². The number of amides is 1. The Hall–Kier alpha value is -1.63. The first-order valence-corrected chi connectivity index (χ1v) is 8.91. The summed E-state index contributed by atoms with van der Waals surface area (Å²) in [6.45, 7) is 0.996. The monoisotopic (exact) mass is 385 g/mol. The first kappa shape index (κ1) is 18.7. The quantitative estimate of drug-likeness (QED) is 0.535. The molecule has 0 saturated heterocycles. The normalized spacial score (nSPS) is 10.3. The van der Waals surface area contributed by atoms with Crippen molar-refractivity contribution in [2.45, 2.75) is 4.90 Å². The van der Waals surface area contributed by atoms with Gasteiger partial charge in [0.2, 0.25) is 5.91 Å². The Morgan fingerprint density at radius 2 is 2.00 bits per heavy atom. The summed E-state index contributed by atoms with van der Waals surface area (Å²) in [5.41, 5.74) is 0. The third-order valence-corrected chi connectivity index (χ3v) is 4.48. The van der Waals surface area contributed by atoms with Crippen molar-refractivity contribution in [3.05, 3.63) is 46.6 Å². The molecule has 1 aromatic heterocycles. The second-order valence-electron chi connectivity index (χ2n) is 4.72. The van der Waals surface area contributed by atoms with Crippen LogP contribution in [0.25, 0.3) is 0 Å². The minimum absolute atomic E-state index is 0.0345. The molecule has 0 spiro atoms. The first-order valence-electron chi connectivity index (χ1n) is 7.17. The second-order valence-corrected chi connectivity index (χ2v) is 6.62. The molecule has 8 heteroatoms. The standard InChI is InChI=1S/C16H17Cl2N3O2S/c1-23-12-2-4-13(5-3-12)24-10-15(22)19-6-7-20-16-14(18)8-11(17)9-21-16/h2-5,8-9H,6-7,10H2,1H3,(H,19,22)(H,20,21). The number of halogens is 2. The maximum atomic E-state index is 11.8. The van der Waals surface area contributed by atoms with Gasteiger partial charge in [-0.2, -0.15) is 0 Å². The van der Waals surface area contributed by atoms with E-state index >= 15 is 0 Å². The molecule has 2 rings (SSSR count). The molecule has 0 unspecified atom stereocenters. The van der Waals surface area contributed by atoms with Crippen LogP contribution >= 0.6 is 35.0 Å². The molecule has 128 valence electrons. The second kappa shape index (κ2) is 9.61. The number of methoxy groups -OCH3 is 1. The smallest absolute Gasteiger partial charge is 0.230 e. The minimum Gasteiger partial charge on any atom is -0.497 e. The van der Waals surface area contributed by atoms with Crippen LogP contribution in [-0.2, 0) is 4.79 Å². The summed E-state index contributed by atoms with van der Waals surface area (Å²) in [7, 11) is 1.62. The maximum Gasteiger partial charge on any atom is 0.230 e. The van der Waals surface area contributed by atoms with Crippen molar-refractivity contribution in [2.75, 3.05) is 31.3 Å². The van der Waals surface area contributed by atoms with E-state index in [2.05, 4.69) is 15.6 Å². The highest BCUT2D eigenvalue weighted by Crippen LogP contribution is 2.22. The van der Waals surface area contributed by atoms with E-state index in [0.29, 0.717) is 34.7 Å². The third kappa shape index (κ3) is 6.11. The highest BCUT2D eigenvalue weighted by Gasteiger charge is 2.04. The minimum atomic E-state index is -0.0345. The summed E-state index contributed by atoms with van der Waals surface area (Å²) in [4.78, 5) is 16.9. The van der Waals surface area contributed by atoms with E-state index in [1.54, 1.807) is 13.2 Å². The summed E-state index contributed by atoms with van der Waals surface area (Å²) in [6, 6.07) is 9.20. The molecule has 2 N–H and O–H groups in total. The van der Waals surface area contributed by atoms with Crippen LogP contribution in [0, 0.1) is 0 Å². The van der Waals surface area contributed by atoms with Gasteiger partial charge in [0, 0.05) is 24.2 Å². The molecular weight excluding hydrogens is 369 g/mol. The number of benzene rings is 1. The predicted octanol–water partition coefficient (Wildman–Crippen LogP) is 3.72. The van der Waals surface area contributed by atoms with Gasteiger partial charge in [-0.15, -0.1) is 11.8 Å². The fraction of sp³-hybridized carbons (Fsp3) is 0.250. The number of carbonyl (C=O) groups is 1. The molecule has 0 radical (unpaired) electrons. The lowest BCUT2D eigenvalue weighted by atomic mass is 10.3. The molecule has 0 bridgehead atoms. The fourth-order valence-corrected chi connectivity index (χ4v) is 2.97. The zero-order chi connectivity index (χ0) is 17.4. The zero-order valence-corrected chi connectivity index (χ0v) is 15.3. The number of pyridine rings is 1. The Kier molecular flexibility index (Phi) is 7.49. The largest absolute Gasteiger partial charge is 0.497 e. The van der Waals surface area contributed by atoms with Gasteiger partial charge in [-0.25, -0.2) is 4.98 Å². The van der Waals surface area contributed by atoms with Gasteiger partial charge >= 0.3 is 0 Å². The Bertz CT molecular complexity index is 684. The van der Waals surface area contributed by atoms with Crippen LogP contribution in [0.5, 0.6) is 5.75 Å². The average molecular weight is 386 g/mol. The molecule has 0 aliphatic carbocycles. The summed E-state index contributed by atoms with van der Waals surface area (Å²) in [5, 5.41) is 6.81. The molecule has 1 heterocycles. The van der Waals surface area contributed by atoms with Gasteiger partial charge in [-0.3, -0.25) is 4.79 Å². The molecule has 2 aromatic rings. The van der Waals surface area contributed by atoms with Crippen molar-refractivity contribution in [2.24, 2.45) is 0 Å². The van der Waals surface area contributed by atoms with E-state index in [1.165, 1.54) is 18.0 Å². The SMILES string of the molecule is COc1ccc(SCC(=O)NCCNc2ncc(Cl)cc2Cl)cc1. The highest BCUT2D eigenvalue weighted by atomic mass is 35.5. The van der Waals surface area contributed by atoms with Gasteiger partial charge < -0.3 is 15.4 Å². The van der Waals surface area contributed by atoms with Gasteiger partial charge in [0.05, 0.1) is 22.9 Å². The van der Waals surface area contributed by atoms with E-state index in [1.807, 2.05) is 24.3 Å². The van der Waals surface area contributed by atoms with Crippen LogP contribution in [0.2, 0.25) is 10.0 Å². The van der Waals surface area contributed by atoms with Crippen LogP contribution < -0.4 is 15.4 Å². The molecule has 0 aliphatic heterocycles. The van der Waals surface area contributed by atoms with E-state index in [4.69, 9.17) is 27.9 Å². The van der Waals surface area contributed by atoms with Crippen LogP contribution in [0.4, 0.5) is 5.82 Å². The number of nitrogens with zero attached hydrogens (tertiary/aromatic N) is 1. The van der Waals surface area contributed by atoms with Crippen molar-refractivity contribution in [1.82, 2.24) is 10.3 Å². The van der Waals surface area contributed by atoms with Gasteiger partial charge in [0.15, 0.2) is 0 Å². The lowest BCUT2D eigenvalue weighted by molar-refractivity contribution is -0.118. The molecule has 5 nitrogen and oxygen atoms in total. The topological polar surface area (TPSA) is 63.2 Å². The van der Waals surface area contributed by atoms with E-state index in [0.717, 1.165) is 10.6 Å². The van der Waals surface area contributed by atoms with Crippen molar-refractivity contribution < 1.29 is 9.53 Å². The number of aromatic nitrogens is 1. The van der Waals surface area contributed by atoms with Gasteiger partial charge in [0.25, 0.3) is 0 Å². The number of hydrogen-bond acceptors (Lipinski definition) is 5. The maximum absolute atomic E-state index is 11.8. The Labute approximate surface area is 155 Å². The predicted molar refractivity (Wildman–Crippen MR) is 99.5 cm³/mol. The van der Waals surface area contributed by atoms with Gasteiger partial charge in [-0.1, -0.05) is 23.2 Å². The Morgan fingerprint density at radius 1 is 1.25 bits per heavy atom. The summed E-state index contributed by atoms with van der Waals surface area (Å²) in [5.74, 6) is 1.66. The van der Waals surface area contributed by atoms with Crippen LogP contribution in [0.15, 0.2) is 41.4 Å². The van der Waals surface area contributed by atoms with Crippen molar-refractivity contribution in [3.63, 3.8) is 0 Å². The molecule has 1 aromatic carbocycles. The van der Waals surface area contributed by atoms with E-state index in [9.17, 15) is 4.79 Å². The third-order valence-electron chi connectivity index (χ3n) is 2.98. The summed E-state index contributed by atoms with van der Waals surface area (Å²) in [6.07, 6.45) is 1.51. The lowest BCUT2D eigenvalue weighted by Crippen LogP contribution is -2.30. The summed E-state index contributed by atoms with van der Waals surface area (Å²) >= 11 is 13.3. The number of nitrogens with one attached hydrogen (secondary N) is 2. The molecule has 24 heavy (non-hydrogen) atoms. The molecule has 0 aliphatic rings. The van der Waals surface area contributed by atoms with Crippen LogP contribution in [0.1, 0.15) is 0 Å². The van der Waals surface area contributed by atoms with Crippen LogP contribution in [-0.4, -0.2) is 36.8 Å². The van der Waals surface area contributed by atoms with Gasteiger partial charge in [0.1, 0.15) is 11.6 Å². The molecule has 0 atom stereocenters. The highest BCUT2D eigenvalue weighted by molar-refractivity contribution is 8.00. The lowest BCUT2D eigenvalue weighted by Gasteiger charge is -2.09. The van der Waals surface area contributed by atoms with Crippen molar-refractivity contribution in [1.29, 1.82) is 0 Å². The number of ether oxygens (including phenoxy) is 1. The number of hydrogen-bond donors (Lipinski definition) is 2. The van der Waals surface area contributed by atoms with E-state index < -0.39 is 0 Å². The Morgan fingerprint density at radius 3 is 2.67 bits per heavy atom. The van der Waals surface area contributed by atoms with Crippen LogP contribution in [0.3, 0.4) is 0 Å². The molecule has 0 saturated carbocycles. The average Bonchev–Trinajstić information content (AvgIpc) is 2.59. The number of rotatable bonds is 8.